The Kier molecular flexibility index (Phi) is 4.98. The summed E-state index contributed by atoms with van der Waals surface area (Å²) < 4.78 is 27.4. The summed E-state index contributed by atoms with van der Waals surface area (Å²) in [5.74, 6) is 0. The lowest BCUT2D eigenvalue weighted by Gasteiger charge is -2.27. The van der Waals surface area contributed by atoms with Crippen molar-refractivity contribution in [1.82, 2.24) is 9.62 Å². The monoisotopic (exact) mass is 371 g/mol. The third-order valence-corrected chi connectivity index (χ3v) is 6.79. The minimum Gasteiger partial charge on any atom is -0.367 e. The highest BCUT2D eigenvalue weighted by molar-refractivity contribution is 7.89. The van der Waals surface area contributed by atoms with Gasteiger partial charge in [0, 0.05) is 37.9 Å². The average Bonchev–Trinajstić information content (AvgIpc) is 2.87. The Morgan fingerprint density at radius 2 is 1.77 bits per heavy atom. The van der Waals surface area contributed by atoms with E-state index >= 15 is 0 Å². The van der Waals surface area contributed by atoms with Gasteiger partial charge in [0.25, 0.3) is 0 Å². The molecule has 1 saturated heterocycles. The maximum absolute atomic E-state index is 12.3. The van der Waals surface area contributed by atoms with E-state index in [0.29, 0.717) is 17.5 Å². The molecular formula is C20H25N3O2S. The van der Waals surface area contributed by atoms with Crippen LogP contribution in [-0.4, -0.2) is 52.1 Å². The van der Waals surface area contributed by atoms with Gasteiger partial charge < -0.3 is 4.90 Å². The number of nitrogens with one attached hydrogen (secondary N) is 1. The van der Waals surface area contributed by atoms with Crippen LogP contribution < -0.4 is 9.62 Å². The van der Waals surface area contributed by atoms with Gasteiger partial charge in [0.1, 0.15) is 0 Å². The van der Waals surface area contributed by atoms with E-state index in [2.05, 4.69) is 38.8 Å². The minimum atomic E-state index is -3.42. The van der Waals surface area contributed by atoms with Crippen molar-refractivity contribution in [3.63, 3.8) is 0 Å². The molecule has 0 amide bonds. The SMILES string of the molecule is O=S(=O)(NCCN1CCCN2c3ccccc3CC2C1)c1ccccc1. The van der Waals surface area contributed by atoms with Gasteiger partial charge >= 0.3 is 0 Å². The molecule has 1 unspecified atom stereocenters. The van der Waals surface area contributed by atoms with Crippen LogP contribution in [0.1, 0.15) is 12.0 Å². The molecular weight excluding hydrogens is 346 g/mol. The van der Waals surface area contributed by atoms with Crippen molar-refractivity contribution >= 4 is 15.7 Å². The number of fused-ring (bicyclic) bond motifs is 3. The Morgan fingerprint density at radius 3 is 2.62 bits per heavy atom. The minimum absolute atomic E-state index is 0.327. The van der Waals surface area contributed by atoms with E-state index in [0.717, 1.165) is 39.0 Å². The van der Waals surface area contributed by atoms with Crippen LogP contribution in [-0.2, 0) is 16.4 Å². The first-order valence-corrected chi connectivity index (χ1v) is 10.7. The summed E-state index contributed by atoms with van der Waals surface area (Å²) in [6.07, 6.45) is 2.19. The molecule has 26 heavy (non-hydrogen) atoms. The molecule has 2 aromatic rings. The molecule has 0 spiro atoms. The Labute approximate surface area is 155 Å². The standard InChI is InChI=1S/C20H25N3O2S/c24-26(25,19-8-2-1-3-9-19)21-11-14-22-12-6-13-23-18(16-22)15-17-7-4-5-10-20(17)23/h1-5,7-10,18,21H,6,11-16H2. The summed E-state index contributed by atoms with van der Waals surface area (Å²) in [5.41, 5.74) is 2.81. The second-order valence-electron chi connectivity index (χ2n) is 7.05. The highest BCUT2D eigenvalue weighted by Crippen LogP contribution is 2.33. The molecule has 2 aliphatic rings. The van der Waals surface area contributed by atoms with Crippen molar-refractivity contribution in [3.05, 3.63) is 60.2 Å². The molecule has 0 bridgehead atoms. The topological polar surface area (TPSA) is 52.7 Å². The van der Waals surface area contributed by atoms with Crippen LogP contribution in [0.25, 0.3) is 0 Å². The number of anilines is 1. The second-order valence-corrected chi connectivity index (χ2v) is 8.81. The van der Waals surface area contributed by atoms with E-state index in [9.17, 15) is 8.42 Å². The number of benzene rings is 2. The molecule has 4 rings (SSSR count). The fraction of sp³-hybridized carbons (Fsp3) is 0.400. The quantitative estimate of drug-likeness (QED) is 0.875. The van der Waals surface area contributed by atoms with Crippen molar-refractivity contribution in [3.8, 4) is 0 Å². The van der Waals surface area contributed by atoms with Crippen LogP contribution in [0.2, 0.25) is 0 Å². The number of para-hydroxylation sites is 1. The summed E-state index contributed by atoms with van der Waals surface area (Å²) in [4.78, 5) is 5.25. The van der Waals surface area contributed by atoms with Gasteiger partial charge in [-0.05, 0) is 43.1 Å². The number of hydrogen-bond acceptors (Lipinski definition) is 4. The van der Waals surface area contributed by atoms with Gasteiger partial charge in [-0.2, -0.15) is 0 Å². The number of rotatable bonds is 5. The van der Waals surface area contributed by atoms with Gasteiger partial charge in [-0.1, -0.05) is 36.4 Å². The Bertz CT molecular complexity index is 854. The number of hydrogen-bond donors (Lipinski definition) is 1. The van der Waals surface area contributed by atoms with E-state index in [-0.39, 0.29) is 0 Å². The lowest BCUT2D eigenvalue weighted by atomic mass is 10.1. The van der Waals surface area contributed by atoms with Crippen LogP contribution in [0, 0.1) is 0 Å². The van der Waals surface area contributed by atoms with E-state index in [1.807, 2.05) is 6.07 Å². The van der Waals surface area contributed by atoms with Crippen LogP contribution in [0.4, 0.5) is 5.69 Å². The van der Waals surface area contributed by atoms with E-state index in [1.54, 1.807) is 24.3 Å². The molecule has 1 fully saturated rings. The Balaban J connectivity index is 1.34. The number of nitrogens with zero attached hydrogens (tertiary/aromatic N) is 2. The zero-order chi connectivity index (χ0) is 18.0. The molecule has 1 atom stereocenters. The molecule has 0 aliphatic carbocycles. The van der Waals surface area contributed by atoms with Crippen molar-refractivity contribution < 1.29 is 8.42 Å². The van der Waals surface area contributed by atoms with Gasteiger partial charge in [0.15, 0.2) is 0 Å². The smallest absolute Gasteiger partial charge is 0.240 e. The predicted octanol–water partition coefficient (Wildman–Crippen LogP) is 2.10. The third-order valence-electron chi connectivity index (χ3n) is 5.31. The van der Waals surface area contributed by atoms with E-state index < -0.39 is 10.0 Å². The summed E-state index contributed by atoms with van der Waals surface area (Å²) in [7, 11) is -3.42. The summed E-state index contributed by atoms with van der Waals surface area (Å²) in [5, 5.41) is 0. The molecule has 5 nitrogen and oxygen atoms in total. The van der Waals surface area contributed by atoms with Crippen LogP contribution in [0.15, 0.2) is 59.5 Å². The first-order chi connectivity index (χ1) is 12.6. The third kappa shape index (κ3) is 3.63. The predicted molar refractivity (Wildman–Crippen MR) is 104 cm³/mol. The highest BCUT2D eigenvalue weighted by Gasteiger charge is 2.32. The fourth-order valence-corrected chi connectivity index (χ4v) is 5.11. The Morgan fingerprint density at radius 1 is 1.00 bits per heavy atom. The van der Waals surface area contributed by atoms with Gasteiger partial charge in [-0.25, -0.2) is 13.1 Å². The van der Waals surface area contributed by atoms with E-state index in [4.69, 9.17) is 0 Å². The van der Waals surface area contributed by atoms with Crippen LogP contribution in [0.3, 0.4) is 0 Å². The average molecular weight is 372 g/mol. The molecule has 0 saturated carbocycles. The summed E-state index contributed by atoms with van der Waals surface area (Å²) in [6, 6.07) is 17.7. The normalized spacial score (nSPS) is 20.5. The van der Waals surface area contributed by atoms with Crippen LogP contribution >= 0.6 is 0 Å². The van der Waals surface area contributed by atoms with Gasteiger partial charge in [-0.3, -0.25) is 4.90 Å². The maximum Gasteiger partial charge on any atom is 0.240 e. The van der Waals surface area contributed by atoms with Gasteiger partial charge in [-0.15, -0.1) is 0 Å². The van der Waals surface area contributed by atoms with Crippen molar-refractivity contribution in [2.24, 2.45) is 0 Å². The largest absolute Gasteiger partial charge is 0.367 e. The second kappa shape index (κ2) is 7.39. The van der Waals surface area contributed by atoms with E-state index in [1.165, 1.54) is 11.3 Å². The molecule has 0 aromatic heterocycles. The number of sulfonamides is 1. The zero-order valence-corrected chi connectivity index (χ0v) is 15.7. The fourth-order valence-electron chi connectivity index (χ4n) is 4.07. The van der Waals surface area contributed by atoms with Crippen molar-refractivity contribution in [2.75, 3.05) is 37.6 Å². The first kappa shape index (κ1) is 17.5. The summed E-state index contributed by atoms with van der Waals surface area (Å²) >= 11 is 0. The lowest BCUT2D eigenvalue weighted by molar-refractivity contribution is 0.278. The molecule has 2 aromatic carbocycles. The zero-order valence-electron chi connectivity index (χ0n) is 14.8. The molecule has 2 heterocycles. The Hall–Kier alpha value is -1.89. The molecule has 0 radical (unpaired) electrons. The molecule has 1 N–H and O–H groups in total. The van der Waals surface area contributed by atoms with Crippen LogP contribution in [0.5, 0.6) is 0 Å². The van der Waals surface area contributed by atoms with Gasteiger partial charge in [0.05, 0.1) is 4.90 Å². The summed E-state index contributed by atoms with van der Waals surface area (Å²) in [6.45, 7) is 4.27. The molecule has 138 valence electrons. The van der Waals surface area contributed by atoms with Crippen molar-refractivity contribution in [1.29, 1.82) is 0 Å². The lowest BCUT2D eigenvalue weighted by Crippen LogP contribution is -2.41. The first-order valence-electron chi connectivity index (χ1n) is 9.25. The highest BCUT2D eigenvalue weighted by atomic mass is 32.2. The molecule has 2 aliphatic heterocycles. The van der Waals surface area contributed by atoms with Crippen molar-refractivity contribution in [2.45, 2.75) is 23.8 Å². The maximum atomic E-state index is 12.3. The van der Waals surface area contributed by atoms with Gasteiger partial charge in [0.2, 0.25) is 10.0 Å². The molecule has 6 heteroatoms.